The zero-order valence-electron chi connectivity index (χ0n) is 15.0. The van der Waals surface area contributed by atoms with Crippen LogP contribution in [0.1, 0.15) is 41.1 Å². The molecule has 0 atom stereocenters. The molecule has 1 aliphatic rings. The first kappa shape index (κ1) is 18.0. The van der Waals surface area contributed by atoms with Crippen LogP contribution in [0.5, 0.6) is 5.75 Å². The van der Waals surface area contributed by atoms with Gasteiger partial charge in [-0.2, -0.15) is 0 Å². The van der Waals surface area contributed by atoms with Gasteiger partial charge in [0.1, 0.15) is 12.4 Å². The minimum absolute atomic E-state index is 0.0549. The molecule has 4 nitrogen and oxygen atoms in total. The highest BCUT2D eigenvalue weighted by molar-refractivity contribution is 7.09. The van der Waals surface area contributed by atoms with Crippen molar-refractivity contribution >= 4 is 17.2 Å². The molecule has 0 saturated heterocycles. The van der Waals surface area contributed by atoms with Gasteiger partial charge in [0, 0.05) is 29.1 Å². The number of carbonyl (C=O) groups is 1. The summed E-state index contributed by atoms with van der Waals surface area (Å²) in [6, 6.07) is 9.83. The predicted molar refractivity (Wildman–Crippen MR) is 102 cm³/mol. The molecule has 1 aromatic carbocycles. The molecule has 0 aliphatic carbocycles. The molecule has 0 bridgehead atoms. The van der Waals surface area contributed by atoms with Crippen LogP contribution in [0, 0.1) is 5.92 Å². The summed E-state index contributed by atoms with van der Waals surface area (Å²) in [5, 5.41) is 4.99. The average Bonchev–Trinajstić information content (AvgIpc) is 3.03. The van der Waals surface area contributed by atoms with Gasteiger partial charge in [-0.05, 0) is 42.5 Å². The summed E-state index contributed by atoms with van der Waals surface area (Å²) in [6.07, 6.45) is 1.19. The number of carbonyl (C=O) groups excluding carboxylic acids is 1. The zero-order chi connectivity index (χ0) is 17.6. The first-order valence-corrected chi connectivity index (χ1v) is 9.78. The Labute approximate surface area is 153 Å². The molecule has 3 rings (SSSR count). The Morgan fingerprint density at radius 3 is 3.00 bits per heavy atom. The molecule has 0 radical (unpaired) electrons. The number of nitrogens with one attached hydrogen (secondary N) is 1. The van der Waals surface area contributed by atoms with E-state index in [1.54, 1.807) is 11.3 Å². The van der Waals surface area contributed by atoms with Gasteiger partial charge >= 0.3 is 0 Å². The highest BCUT2D eigenvalue weighted by atomic mass is 32.1. The van der Waals surface area contributed by atoms with E-state index in [0.29, 0.717) is 24.6 Å². The lowest BCUT2D eigenvalue weighted by Gasteiger charge is -2.20. The second kappa shape index (κ2) is 8.50. The number of amides is 1. The van der Waals surface area contributed by atoms with E-state index >= 15 is 0 Å². The Hall–Kier alpha value is -1.85. The third kappa shape index (κ3) is 5.06. The Kier molecular flexibility index (Phi) is 6.10. The van der Waals surface area contributed by atoms with Crippen LogP contribution >= 0.6 is 11.3 Å². The molecule has 1 aromatic heterocycles. The van der Waals surface area contributed by atoms with Gasteiger partial charge in [0.05, 0.1) is 6.54 Å². The van der Waals surface area contributed by atoms with Crippen molar-refractivity contribution in [3.63, 3.8) is 0 Å². The first-order chi connectivity index (χ1) is 12.1. The molecule has 25 heavy (non-hydrogen) atoms. The van der Waals surface area contributed by atoms with Gasteiger partial charge in [0.2, 0.25) is 0 Å². The van der Waals surface area contributed by atoms with Gasteiger partial charge in [0.15, 0.2) is 0 Å². The molecule has 1 aliphatic heterocycles. The van der Waals surface area contributed by atoms with Crippen molar-refractivity contribution in [3.05, 3.63) is 51.7 Å². The maximum absolute atomic E-state index is 12.4. The topological polar surface area (TPSA) is 41.6 Å². The number of ether oxygens (including phenoxy) is 1. The fraction of sp³-hybridized carbons (Fsp3) is 0.450. The van der Waals surface area contributed by atoms with Crippen LogP contribution < -0.4 is 10.1 Å². The average molecular weight is 359 g/mol. The molecular weight excluding hydrogens is 332 g/mol. The molecular formula is C20H26N2O2S. The van der Waals surface area contributed by atoms with E-state index in [1.165, 1.54) is 6.42 Å². The number of fused-ring (bicyclic) bond motifs is 1. The summed E-state index contributed by atoms with van der Waals surface area (Å²) in [6.45, 7) is 8.65. The van der Waals surface area contributed by atoms with Crippen LogP contribution in [0.3, 0.4) is 0 Å². The molecule has 0 spiro atoms. The van der Waals surface area contributed by atoms with Crippen LogP contribution in [0.4, 0.5) is 0 Å². The number of hydrogen-bond donors (Lipinski definition) is 1. The summed E-state index contributed by atoms with van der Waals surface area (Å²) >= 11 is 1.65. The molecule has 5 heteroatoms. The summed E-state index contributed by atoms with van der Waals surface area (Å²) in [7, 11) is 0. The molecule has 1 amide bonds. The van der Waals surface area contributed by atoms with Gasteiger partial charge in [0.25, 0.3) is 5.91 Å². The van der Waals surface area contributed by atoms with Crippen LogP contribution in [0.15, 0.2) is 35.7 Å². The molecule has 0 fully saturated rings. The first-order valence-electron chi connectivity index (χ1n) is 8.90. The van der Waals surface area contributed by atoms with E-state index in [1.807, 2.05) is 35.7 Å². The van der Waals surface area contributed by atoms with Crippen molar-refractivity contribution in [3.8, 4) is 5.75 Å². The SMILES string of the molecule is CC(C)CCN1CCOc2cc(C(=O)NCc3cccs3)ccc2C1. The molecule has 1 N–H and O–H groups in total. The summed E-state index contributed by atoms with van der Waals surface area (Å²) in [5.74, 6) is 1.49. The van der Waals surface area contributed by atoms with Crippen molar-refractivity contribution in [2.45, 2.75) is 33.4 Å². The predicted octanol–water partition coefficient (Wildman–Crippen LogP) is 3.92. The minimum atomic E-state index is -0.0549. The van der Waals surface area contributed by atoms with Gasteiger partial charge in [-0.15, -0.1) is 11.3 Å². The Balaban J connectivity index is 1.63. The lowest BCUT2D eigenvalue weighted by atomic mass is 10.1. The maximum Gasteiger partial charge on any atom is 0.251 e. The highest BCUT2D eigenvalue weighted by Crippen LogP contribution is 2.25. The number of rotatable bonds is 6. The van der Waals surface area contributed by atoms with Crippen molar-refractivity contribution in [2.24, 2.45) is 5.92 Å². The quantitative estimate of drug-likeness (QED) is 0.851. The van der Waals surface area contributed by atoms with Crippen molar-refractivity contribution in [1.82, 2.24) is 10.2 Å². The Bertz CT molecular complexity index is 698. The van der Waals surface area contributed by atoms with Crippen LogP contribution in [-0.4, -0.2) is 30.5 Å². The number of benzene rings is 1. The standard InChI is InChI=1S/C20H26N2O2S/c1-15(2)7-8-22-9-10-24-19-12-16(5-6-17(19)14-22)20(23)21-13-18-4-3-11-25-18/h3-6,11-12,15H,7-10,13-14H2,1-2H3,(H,21,23). The third-order valence-corrected chi connectivity index (χ3v) is 5.29. The molecule has 0 saturated carbocycles. The van der Waals surface area contributed by atoms with E-state index in [9.17, 15) is 4.79 Å². The van der Waals surface area contributed by atoms with Crippen molar-refractivity contribution in [1.29, 1.82) is 0 Å². The lowest BCUT2D eigenvalue weighted by Crippen LogP contribution is -2.27. The third-order valence-electron chi connectivity index (χ3n) is 4.41. The largest absolute Gasteiger partial charge is 0.492 e. The molecule has 0 unspecified atom stereocenters. The molecule has 2 aromatic rings. The van der Waals surface area contributed by atoms with E-state index < -0.39 is 0 Å². The summed E-state index contributed by atoms with van der Waals surface area (Å²) in [5.41, 5.74) is 1.82. The van der Waals surface area contributed by atoms with Crippen LogP contribution in [0.25, 0.3) is 0 Å². The number of nitrogens with zero attached hydrogens (tertiary/aromatic N) is 1. The highest BCUT2D eigenvalue weighted by Gasteiger charge is 2.17. The lowest BCUT2D eigenvalue weighted by molar-refractivity contribution is 0.0951. The van der Waals surface area contributed by atoms with Crippen molar-refractivity contribution in [2.75, 3.05) is 19.7 Å². The van der Waals surface area contributed by atoms with Crippen LogP contribution in [-0.2, 0) is 13.1 Å². The summed E-state index contributed by atoms with van der Waals surface area (Å²) < 4.78 is 5.91. The van der Waals surface area contributed by atoms with Crippen molar-refractivity contribution < 1.29 is 9.53 Å². The van der Waals surface area contributed by atoms with Gasteiger partial charge in [-0.3, -0.25) is 9.69 Å². The Morgan fingerprint density at radius 1 is 1.36 bits per heavy atom. The maximum atomic E-state index is 12.4. The molecule has 134 valence electrons. The summed E-state index contributed by atoms with van der Waals surface area (Å²) in [4.78, 5) is 16.0. The van der Waals surface area contributed by atoms with Gasteiger partial charge < -0.3 is 10.1 Å². The number of hydrogen-bond acceptors (Lipinski definition) is 4. The fourth-order valence-electron chi connectivity index (χ4n) is 2.88. The van der Waals surface area contributed by atoms with Gasteiger partial charge in [-0.1, -0.05) is 26.0 Å². The normalized spacial score (nSPS) is 14.7. The fourth-order valence-corrected chi connectivity index (χ4v) is 3.52. The smallest absolute Gasteiger partial charge is 0.251 e. The van der Waals surface area contributed by atoms with E-state index in [2.05, 4.69) is 24.1 Å². The zero-order valence-corrected chi connectivity index (χ0v) is 15.8. The van der Waals surface area contributed by atoms with E-state index in [-0.39, 0.29) is 5.91 Å². The minimum Gasteiger partial charge on any atom is -0.492 e. The second-order valence-electron chi connectivity index (χ2n) is 6.89. The van der Waals surface area contributed by atoms with E-state index in [4.69, 9.17) is 4.74 Å². The van der Waals surface area contributed by atoms with E-state index in [0.717, 1.165) is 35.8 Å². The number of thiophene rings is 1. The van der Waals surface area contributed by atoms with Crippen LogP contribution in [0.2, 0.25) is 0 Å². The molecule has 2 heterocycles. The second-order valence-corrected chi connectivity index (χ2v) is 7.92. The van der Waals surface area contributed by atoms with Gasteiger partial charge in [-0.25, -0.2) is 0 Å². The Morgan fingerprint density at radius 2 is 2.24 bits per heavy atom. The monoisotopic (exact) mass is 358 g/mol.